The Morgan fingerprint density at radius 3 is 2.31 bits per heavy atom. The molecule has 1 heterocycles. The molecule has 1 aliphatic heterocycles. The second-order valence-electron chi connectivity index (χ2n) is 3.38. The molecule has 0 aromatic heterocycles. The summed E-state index contributed by atoms with van der Waals surface area (Å²) < 4.78 is 19.5. The highest BCUT2D eigenvalue weighted by molar-refractivity contribution is 7.46. The highest BCUT2D eigenvalue weighted by atomic mass is 31.2. The first-order valence-corrected chi connectivity index (χ1v) is 5.91. The quantitative estimate of drug-likeness (QED) is 0.287. The molecule has 1 fully saturated rings. The van der Waals surface area contributed by atoms with E-state index in [9.17, 15) is 14.8 Å². The van der Waals surface area contributed by atoms with Crippen LogP contribution in [0.5, 0.6) is 0 Å². The molecule has 0 amide bonds. The van der Waals surface area contributed by atoms with Gasteiger partial charge in [0.05, 0.1) is 12.6 Å². The monoisotopic (exact) mass is 259 g/mol. The Hall–Kier alpha value is -0.0900. The lowest BCUT2D eigenvalue weighted by Gasteiger charge is -2.40. The van der Waals surface area contributed by atoms with Crippen molar-refractivity contribution in [3.63, 3.8) is 0 Å². The van der Waals surface area contributed by atoms with Crippen LogP contribution in [0.3, 0.4) is 0 Å². The molecule has 0 aliphatic carbocycles. The number of hydrogen-bond acceptors (Lipinski definition) is 7. The van der Waals surface area contributed by atoms with Crippen LogP contribution in [-0.4, -0.2) is 62.4 Å². The molecule has 0 aromatic carbocycles. The average molecular weight is 259 g/mol. The molecule has 0 aromatic rings. The summed E-state index contributed by atoms with van der Waals surface area (Å²) in [6, 6.07) is -1.33. The van der Waals surface area contributed by atoms with E-state index in [4.69, 9.17) is 25.4 Å². The van der Waals surface area contributed by atoms with Crippen molar-refractivity contribution >= 4 is 7.82 Å². The van der Waals surface area contributed by atoms with Gasteiger partial charge < -0.3 is 35.6 Å². The number of rotatable bonds is 3. The van der Waals surface area contributed by atoms with Crippen LogP contribution in [0.15, 0.2) is 0 Å². The molecule has 96 valence electrons. The van der Waals surface area contributed by atoms with E-state index in [0.717, 1.165) is 0 Å². The van der Waals surface area contributed by atoms with Crippen molar-refractivity contribution in [1.29, 1.82) is 0 Å². The van der Waals surface area contributed by atoms with E-state index in [0.29, 0.717) is 0 Å². The molecule has 0 spiro atoms. The van der Waals surface area contributed by atoms with Crippen LogP contribution in [0, 0.1) is 0 Å². The molecular weight excluding hydrogens is 245 g/mol. The van der Waals surface area contributed by atoms with E-state index in [1.165, 1.54) is 0 Å². The van der Waals surface area contributed by atoms with Gasteiger partial charge in [0.2, 0.25) is 0 Å². The fourth-order valence-electron chi connectivity index (χ4n) is 1.33. The van der Waals surface area contributed by atoms with Gasteiger partial charge in [0.1, 0.15) is 18.3 Å². The summed E-state index contributed by atoms with van der Waals surface area (Å²) in [5.74, 6) is 0. The first-order chi connectivity index (χ1) is 7.26. The van der Waals surface area contributed by atoms with Crippen molar-refractivity contribution in [3.8, 4) is 0 Å². The third-order valence-electron chi connectivity index (χ3n) is 2.17. The lowest BCUT2D eigenvalue weighted by atomic mass is 9.98. The van der Waals surface area contributed by atoms with E-state index in [-0.39, 0.29) is 0 Å². The molecule has 9 nitrogen and oxygen atoms in total. The molecule has 0 saturated carbocycles. The van der Waals surface area contributed by atoms with Gasteiger partial charge in [-0.25, -0.2) is 4.57 Å². The zero-order valence-corrected chi connectivity index (χ0v) is 8.97. The standard InChI is InChI=1S/C6H14NO8P/c7-3-5(10)4(9)2(1-8)14-6(3)15-16(11,12)13/h2-6,8-10H,1,7H2,(H2,11,12,13)/t2-,3+,4+,5-,6+/m1/s1. The largest absolute Gasteiger partial charge is 0.471 e. The van der Waals surface area contributed by atoms with E-state index in [1.807, 2.05) is 0 Å². The molecule has 7 N–H and O–H groups in total. The first kappa shape index (κ1) is 14.0. The van der Waals surface area contributed by atoms with Crippen molar-refractivity contribution in [1.82, 2.24) is 0 Å². The van der Waals surface area contributed by atoms with E-state index >= 15 is 0 Å². The highest BCUT2D eigenvalue weighted by Crippen LogP contribution is 2.40. The number of aliphatic hydroxyl groups excluding tert-OH is 3. The lowest BCUT2D eigenvalue weighted by molar-refractivity contribution is -0.242. The van der Waals surface area contributed by atoms with Crippen molar-refractivity contribution in [2.45, 2.75) is 30.6 Å². The lowest BCUT2D eigenvalue weighted by Crippen LogP contribution is -2.62. The van der Waals surface area contributed by atoms with Crippen LogP contribution in [0.1, 0.15) is 0 Å². The summed E-state index contributed by atoms with van der Waals surface area (Å²) in [4.78, 5) is 17.1. The van der Waals surface area contributed by atoms with Crippen molar-refractivity contribution < 1.29 is 38.9 Å². The van der Waals surface area contributed by atoms with Gasteiger partial charge in [-0.15, -0.1) is 0 Å². The second-order valence-corrected chi connectivity index (χ2v) is 4.57. The maximum atomic E-state index is 10.6. The Morgan fingerprint density at radius 1 is 1.31 bits per heavy atom. The third-order valence-corrected chi connectivity index (χ3v) is 2.65. The van der Waals surface area contributed by atoms with Crippen molar-refractivity contribution in [2.75, 3.05) is 6.61 Å². The van der Waals surface area contributed by atoms with Gasteiger partial charge >= 0.3 is 7.82 Å². The predicted octanol–water partition coefficient (Wildman–Crippen LogP) is -3.14. The van der Waals surface area contributed by atoms with Gasteiger partial charge in [-0.05, 0) is 0 Å². The fourth-order valence-corrected chi connectivity index (χ4v) is 1.79. The predicted molar refractivity (Wildman–Crippen MR) is 48.9 cm³/mol. The molecule has 5 atom stereocenters. The Labute approximate surface area is 90.6 Å². The summed E-state index contributed by atoms with van der Waals surface area (Å²) in [5.41, 5.74) is 5.35. The Kier molecular flexibility index (Phi) is 4.41. The normalized spacial score (nSPS) is 41.0. The highest BCUT2D eigenvalue weighted by Gasteiger charge is 2.45. The van der Waals surface area contributed by atoms with Crippen molar-refractivity contribution in [2.24, 2.45) is 5.73 Å². The number of aliphatic hydroxyl groups is 3. The van der Waals surface area contributed by atoms with Crippen LogP contribution in [0.2, 0.25) is 0 Å². The number of ether oxygens (including phenoxy) is 1. The molecule has 0 bridgehead atoms. The number of phosphoric acid groups is 1. The van der Waals surface area contributed by atoms with Crippen LogP contribution >= 0.6 is 7.82 Å². The van der Waals surface area contributed by atoms with Crippen LogP contribution in [-0.2, 0) is 13.8 Å². The summed E-state index contributed by atoms with van der Waals surface area (Å²) in [5, 5.41) is 27.6. The van der Waals surface area contributed by atoms with E-state index in [2.05, 4.69) is 4.52 Å². The van der Waals surface area contributed by atoms with Crippen molar-refractivity contribution in [3.05, 3.63) is 0 Å². The minimum atomic E-state index is -4.83. The first-order valence-electron chi connectivity index (χ1n) is 4.38. The van der Waals surface area contributed by atoms with E-state index in [1.54, 1.807) is 0 Å². The minimum absolute atomic E-state index is 0.647. The van der Waals surface area contributed by atoms with Gasteiger partial charge in [0.15, 0.2) is 6.29 Å². The molecule has 1 rings (SSSR count). The zero-order valence-electron chi connectivity index (χ0n) is 8.08. The van der Waals surface area contributed by atoms with Gasteiger partial charge in [-0.3, -0.25) is 4.52 Å². The second kappa shape index (κ2) is 5.05. The zero-order chi connectivity index (χ0) is 12.5. The smallest absolute Gasteiger partial charge is 0.394 e. The molecular formula is C6H14NO8P. The van der Waals surface area contributed by atoms with Crippen LogP contribution < -0.4 is 5.73 Å². The van der Waals surface area contributed by atoms with E-state index < -0.39 is 45.1 Å². The van der Waals surface area contributed by atoms with Gasteiger partial charge in [0.25, 0.3) is 0 Å². The number of hydrogen-bond donors (Lipinski definition) is 6. The van der Waals surface area contributed by atoms with Crippen LogP contribution in [0.25, 0.3) is 0 Å². The maximum Gasteiger partial charge on any atom is 0.471 e. The van der Waals surface area contributed by atoms with Gasteiger partial charge in [-0.2, -0.15) is 0 Å². The SMILES string of the molecule is N[C@@H]1[C@H](OP(=O)(O)O)O[C@H](CO)[C@H](O)[C@@H]1O. The Bertz CT molecular complexity index is 280. The topological polar surface area (TPSA) is 163 Å². The molecule has 1 saturated heterocycles. The molecule has 1 aliphatic rings. The molecule has 16 heavy (non-hydrogen) atoms. The number of nitrogens with two attached hydrogens (primary N) is 1. The summed E-state index contributed by atoms with van der Waals surface area (Å²) in [7, 11) is -4.83. The maximum absolute atomic E-state index is 10.6. The average Bonchev–Trinajstić information content (AvgIpc) is 2.17. The molecule has 10 heteroatoms. The Balaban J connectivity index is 2.75. The summed E-state index contributed by atoms with van der Waals surface area (Å²) >= 11 is 0. The van der Waals surface area contributed by atoms with Crippen LogP contribution in [0.4, 0.5) is 0 Å². The van der Waals surface area contributed by atoms with Gasteiger partial charge in [-0.1, -0.05) is 0 Å². The Morgan fingerprint density at radius 2 is 1.88 bits per heavy atom. The summed E-state index contributed by atoms with van der Waals surface area (Å²) in [6.07, 6.45) is -5.78. The fraction of sp³-hybridized carbons (Fsp3) is 1.00. The molecule has 0 unspecified atom stereocenters. The molecule has 0 radical (unpaired) electrons. The minimum Gasteiger partial charge on any atom is -0.394 e. The van der Waals surface area contributed by atoms with Gasteiger partial charge in [0, 0.05) is 0 Å². The number of phosphoric ester groups is 1. The summed E-state index contributed by atoms with van der Waals surface area (Å²) in [6.45, 7) is -0.647. The third kappa shape index (κ3) is 3.20.